The van der Waals surface area contributed by atoms with Crippen molar-refractivity contribution in [2.24, 2.45) is 0 Å². The Labute approximate surface area is 125 Å². The van der Waals surface area contributed by atoms with E-state index < -0.39 is 0 Å². The summed E-state index contributed by atoms with van der Waals surface area (Å²) < 4.78 is 6.71. The van der Waals surface area contributed by atoms with Gasteiger partial charge in [-0.25, -0.2) is 0 Å². The second-order valence-corrected chi connectivity index (χ2v) is 4.98. The molecule has 0 amide bonds. The lowest BCUT2D eigenvalue weighted by Crippen LogP contribution is -2.15. The summed E-state index contributed by atoms with van der Waals surface area (Å²) in [7, 11) is 0. The van der Waals surface area contributed by atoms with E-state index in [2.05, 4.69) is 34.2 Å². The maximum absolute atomic E-state index is 5.61. The Hall–Kier alpha value is -0.250. The molecule has 18 heavy (non-hydrogen) atoms. The van der Waals surface area contributed by atoms with Gasteiger partial charge in [-0.3, -0.25) is 0 Å². The van der Waals surface area contributed by atoms with Crippen molar-refractivity contribution in [3.63, 3.8) is 0 Å². The van der Waals surface area contributed by atoms with Gasteiger partial charge in [-0.05, 0) is 38.1 Å². The number of ether oxygens (including phenoxy) is 1. The van der Waals surface area contributed by atoms with Crippen molar-refractivity contribution >= 4 is 28.3 Å². The molecule has 0 fully saturated rings. The molecular weight excluding hydrogens is 314 g/mol. The standard InChI is InChI=1S/C14H22BrNO.ClH/c1-3-5-6-9-16-11-12-10-13(15)7-8-14(12)17-4-2;/h7-8,10,16H,3-6,9,11H2,1-2H3;1H. The summed E-state index contributed by atoms with van der Waals surface area (Å²) >= 11 is 3.50. The molecule has 0 radical (unpaired) electrons. The summed E-state index contributed by atoms with van der Waals surface area (Å²) in [5, 5.41) is 3.46. The lowest BCUT2D eigenvalue weighted by Gasteiger charge is -2.11. The maximum Gasteiger partial charge on any atom is 0.123 e. The predicted molar refractivity (Wildman–Crippen MR) is 83.8 cm³/mol. The molecule has 0 aliphatic heterocycles. The molecule has 0 bridgehead atoms. The Balaban J connectivity index is 0.00000289. The van der Waals surface area contributed by atoms with Crippen LogP contribution in [0.1, 0.15) is 38.7 Å². The molecule has 1 aromatic carbocycles. The Morgan fingerprint density at radius 3 is 2.67 bits per heavy atom. The van der Waals surface area contributed by atoms with Crippen LogP contribution in [0.4, 0.5) is 0 Å². The highest BCUT2D eigenvalue weighted by Crippen LogP contribution is 2.23. The first kappa shape index (κ1) is 17.8. The molecule has 0 aliphatic rings. The summed E-state index contributed by atoms with van der Waals surface area (Å²) in [5.74, 6) is 0.985. The van der Waals surface area contributed by atoms with E-state index in [1.54, 1.807) is 0 Å². The third-order valence-electron chi connectivity index (χ3n) is 2.59. The molecule has 0 saturated carbocycles. The Kier molecular flexibility index (Phi) is 10.5. The van der Waals surface area contributed by atoms with Gasteiger partial charge in [-0.2, -0.15) is 0 Å². The number of hydrogen-bond acceptors (Lipinski definition) is 2. The van der Waals surface area contributed by atoms with Crippen LogP contribution in [0.25, 0.3) is 0 Å². The van der Waals surface area contributed by atoms with E-state index in [1.807, 2.05) is 19.1 Å². The Morgan fingerprint density at radius 1 is 1.22 bits per heavy atom. The summed E-state index contributed by atoms with van der Waals surface area (Å²) in [6, 6.07) is 6.17. The molecule has 4 heteroatoms. The fraction of sp³-hybridized carbons (Fsp3) is 0.571. The molecule has 104 valence electrons. The molecule has 0 aromatic heterocycles. The first-order valence-electron chi connectivity index (χ1n) is 6.39. The molecule has 0 aliphatic carbocycles. The lowest BCUT2D eigenvalue weighted by atomic mass is 10.2. The molecule has 0 atom stereocenters. The van der Waals surface area contributed by atoms with E-state index in [0.29, 0.717) is 6.61 Å². The van der Waals surface area contributed by atoms with Gasteiger partial charge in [0.2, 0.25) is 0 Å². The minimum atomic E-state index is 0. The summed E-state index contributed by atoms with van der Waals surface area (Å²) in [6.07, 6.45) is 3.81. The molecule has 0 saturated heterocycles. The second kappa shape index (κ2) is 10.7. The van der Waals surface area contributed by atoms with Crippen molar-refractivity contribution in [3.8, 4) is 5.75 Å². The summed E-state index contributed by atoms with van der Waals surface area (Å²) in [4.78, 5) is 0. The van der Waals surface area contributed by atoms with Gasteiger partial charge in [0.05, 0.1) is 6.61 Å². The quantitative estimate of drug-likeness (QED) is 0.703. The van der Waals surface area contributed by atoms with Crippen LogP contribution in [-0.4, -0.2) is 13.2 Å². The van der Waals surface area contributed by atoms with Gasteiger partial charge in [-0.1, -0.05) is 35.7 Å². The van der Waals surface area contributed by atoms with Gasteiger partial charge in [0.1, 0.15) is 5.75 Å². The zero-order valence-corrected chi connectivity index (χ0v) is 13.6. The lowest BCUT2D eigenvalue weighted by molar-refractivity contribution is 0.335. The average molecular weight is 337 g/mol. The van der Waals surface area contributed by atoms with Crippen LogP contribution in [0.15, 0.2) is 22.7 Å². The van der Waals surface area contributed by atoms with E-state index in [4.69, 9.17) is 4.74 Å². The molecule has 0 unspecified atom stereocenters. The van der Waals surface area contributed by atoms with Crippen LogP contribution in [0.2, 0.25) is 0 Å². The molecule has 0 heterocycles. The van der Waals surface area contributed by atoms with Crippen molar-refractivity contribution in [2.45, 2.75) is 39.7 Å². The number of benzene rings is 1. The zero-order valence-electron chi connectivity index (χ0n) is 11.2. The highest BCUT2D eigenvalue weighted by Gasteiger charge is 2.03. The highest BCUT2D eigenvalue weighted by molar-refractivity contribution is 9.10. The van der Waals surface area contributed by atoms with Crippen LogP contribution in [0, 0.1) is 0 Å². The SMILES string of the molecule is CCCCCNCc1cc(Br)ccc1OCC.Cl. The van der Waals surface area contributed by atoms with E-state index in [-0.39, 0.29) is 12.4 Å². The van der Waals surface area contributed by atoms with Gasteiger partial charge >= 0.3 is 0 Å². The van der Waals surface area contributed by atoms with Crippen molar-refractivity contribution < 1.29 is 4.74 Å². The van der Waals surface area contributed by atoms with Gasteiger partial charge in [0, 0.05) is 16.6 Å². The number of unbranched alkanes of at least 4 members (excludes halogenated alkanes) is 2. The number of nitrogens with one attached hydrogen (secondary N) is 1. The zero-order chi connectivity index (χ0) is 12.5. The molecule has 1 aromatic rings. The van der Waals surface area contributed by atoms with Crippen LogP contribution < -0.4 is 10.1 Å². The van der Waals surface area contributed by atoms with Crippen molar-refractivity contribution in [1.29, 1.82) is 0 Å². The number of hydrogen-bond donors (Lipinski definition) is 1. The molecule has 0 spiro atoms. The molecule has 1 N–H and O–H groups in total. The maximum atomic E-state index is 5.61. The largest absolute Gasteiger partial charge is 0.494 e. The first-order chi connectivity index (χ1) is 8.27. The second-order valence-electron chi connectivity index (χ2n) is 4.07. The fourth-order valence-electron chi connectivity index (χ4n) is 1.71. The van der Waals surface area contributed by atoms with Crippen LogP contribution in [0.3, 0.4) is 0 Å². The van der Waals surface area contributed by atoms with E-state index in [1.165, 1.54) is 24.8 Å². The average Bonchev–Trinajstić information content (AvgIpc) is 2.32. The van der Waals surface area contributed by atoms with Crippen molar-refractivity contribution in [3.05, 3.63) is 28.2 Å². The number of halogens is 2. The topological polar surface area (TPSA) is 21.3 Å². The molecule has 1 rings (SSSR count). The minimum Gasteiger partial charge on any atom is -0.494 e. The Bertz CT molecular complexity index is 334. The van der Waals surface area contributed by atoms with Crippen molar-refractivity contribution in [1.82, 2.24) is 5.32 Å². The predicted octanol–water partition coefficient (Wildman–Crippen LogP) is 4.55. The molecule has 2 nitrogen and oxygen atoms in total. The third-order valence-corrected chi connectivity index (χ3v) is 3.09. The van der Waals surface area contributed by atoms with E-state index >= 15 is 0 Å². The van der Waals surface area contributed by atoms with E-state index in [9.17, 15) is 0 Å². The smallest absolute Gasteiger partial charge is 0.123 e. The van der Waals surface area contributed by atoms with Crippen LogP contribution in [-0.2, 0) is 6.54 Å². The van der Waals surface area contributed by atoms with Gasteiger partial charge < -0.3 is 10.1 Å². The van der Waals surface area contributed by atoms with Crippen molar-refractivity contribution in [2.75, 3.05) is 13.2 Å². The molecular formula is C14H23BrClNO. The van der Waals surface area contributed by atoms with Gasteiger partial charge in [0.25, 0.3) is 0 Å². The first-order valence-corrected chi connectivity index (χ1v) is 7.19. The summed E-state index contributed by atoms with van der Waals surface area (Å²) in [6.45, 7) is 6.90. The highest BCUT2D eigenvalue weighted by atomic mass is 79.9. The van der Waals surface area contributed by atoms with E-state index in [0.717, 1.165) is 23.3 Å². The fourth-order valence-corrected chi connectivity index (χ4v) is 2.11. The summed E-state index contributed by atoms with van der Waals surface area (Å²) in [5.41, 5.74) is 1.22. The number of rotatable bonds is 8. The monoisotopic (exact) mass is 335 g/mol. The van der Waals surface area contributed by atoms with Crippen LogP contribution in [0.5, 0.6) is 5.75 Å². The Morgan fingerprint density at radius 2 is 2.00 bits per heavy atom. The van der Waals surface area contributed by atoms with Gasteiger partial charge in [0.15, 0.2) is 0 Å². The van der Waals surface area contributed by atoms with Gasteiger partial charge in [-0.15, -0.1) is 12.4 Å². The van der Waals surface area contributed by atoms with Crippen LogP contribution >= 0.6 is 28.3 Å². The minimum absolute atomic E-state index is 0. The normalized spacial score (nSPS) is 9.94. The third kappa shape index (κ3) is 6.62.